The van der Waals surface area contributed by atoms with Gasteiger partial charge in [-0.25, -0.2) is 4.98 Å². The molecule has 0 bridgehead atoms. The molecule has 0 aliphatic heterocycles. The van der Waals surface area contributed by atoms with E-state index < -0.39 is 23.2 Å². The van der Waals surface area contributed by atoms with E-state index in [0.29, 0.717) is 11.4 Å². The Morgan fingerprint density at radius 2 is 1.72 bits per heavy atom. The lowest BCUT2D eigenvalue weighted by Gasteiger charge is -2.20. The van der Waals surface area contributed by atoms with Crippen LogP contribution in [0.4, 0.5) is 18.9 Å². The first kappa shape index (κ1) is 23.2. The van der Waals surface area contributed by atoms with Crippen LogP contribution in [0.1, 0.15) is 16.8 Å². The number of alkyl halides is 3. The molecule has 0 saturated heterocycles. The first-order valence-electron chi connectivity index (χ1n) is 9.84. The van der Waals surface area contributed by atoms with E-state index in [2.05, 4.69) is 4.98 Å². The van der Waals surface area contributed by atoms with Gasteiger partial charge in [0, 0.05) is 42.6 Å². The standard InChI is InChI=1S/C23H22F3N3O3/c1-15-19(12-13-30)22(32)29(14-20(31)28(2)18-6-4-3-5-7-18)21(27-15)16-8-10-17(11-9-16)23(24,25)26/h3-11,30H,12-14H2,1-2H3. The van der Waals surface area contributed by atoms with Crippen molar-refractivity contribution in [3.05, 3.63) is 81.8 Å². The van der Waals surface area contributed by atoms with E-state index in [4.69, 9.17) is 0 Å². The molecule has 168 valence electrons. The lowest BCUT2D eigenvalue weighted by molar-refractivity contribution is -0.137. The number of carbonyl (C=O) groups is 1. The molecule has 9 heteroatoms. The maximum Gasteiger partial charge on any atom is 0.416 e. The van der Waals surface area contributed by atoms with Crippen molar-refractivity contribution in [2.24, 2.45) is 0 Å². The summed E-state index contributed by atoms with van der Waals surface area (Å²) in [6.07, 6.45) is -4.45. The third-order valence-corrected chi connectivity index (χ3v) is 5.11. The molecule has 0 fully saturated rings. The summed E-state index contributed by atoms with van der Waals surface area (Å²) < 4.78 is 40.0. The lowest BCUT2D eigenvalue weighted by atomic mass is 10.1. The van der Waals surface area contributed by atoms with Crippen molar-refractivity contribution >= 4 is 11.6 Å². The molecule has 3 rings (SSSR count). The largest absolute Gasteiger partial charge is 0.416 e. The minimum absolute atomic E-state index is 0.0493. The zero-order valence-electron chi connectivity index (χ0n) is 17.6. The number of benzene rings is 2. The molecule has 1 N–H and O–H groups in total. The average molecular weight is 445 g/mol. The van der Waals surface area contributed by atoms with Crippen molar-refractivity contribution in [2.45, 2.75) is 26.1 Å². The van der Waals surface area contributed by atoms with Crippen molar-refractivity contribution in [1.29, 1.82) is 0 Å². The highest BCUT2D eigenvalue weighted by Crippen LogP contribution is 2.30. The van der Waals surface area contributed by atoms with Crippen molar-refractivity contribution in [2.75, 3.05) is 18.6 Å². The predicted molar refractivity (Wildman–Crippen MR) is 114 cm³/mol. The highest BCUT2D eigenvalue weighted by Gasteiger charge is 2.30. The molecule has 0 aliphatic carbocycles. The van der Waals surface area contributed by atoms with Crippen LogP contribution in [0.3, 0.4) is 0 Å². The van der Waals surface area contributed by atoms with Crippen LogP contribution in [-0.4, -0.2) is 34.2 Å². The monoisotopic (exact) mass is 445 g/mol. The average Bonchev–Trinajstić information content (AvgIpc) is 2.77. The van der Waals surface area contributed by atoms with E-state index in [1.807, 2.05) is 0 Å². The maximum absolute atomic E-state index is 13.2. The highest BCUT2D eigenvalue weighted by atomic mass is 19.4. The highest BCUT2D eigenvalue weighted by molar-refractivity contribution is 5.92. The Balaban J connectivity index is 2.07. The fraction of sp³-hybridized carbons (Fsp3) is 0.261. The summed E-state index contributed by atoms with van der Waals surface area (Å²) in [5, 5.41) is 9.31. The fourth-order valence-electron chi connectivity index (χ4n) is 3.31. The number of para-hydroxylation sites is 1. The van der Waals surface area contributed by atoms with Crippen LogP contribution < -0.4 is 10.5 Å². The zero-order chi connectivity index (χ0) is 23.5. The van der Waals surface area contributed by atoms with Gasteiger partial charge in [-0.2, -0.15) is 13.2 Å². The number of nitrogens with zero attached hydrogens (tertiary/aromatic N) is 3. The van der Waals surface area contributed by atoms with Crippen molar-refractivity contribution in [3.63, 3.8) is 0 Å². The SMILES string of the molecule is Cc1nc(-c2ccc(C(F)(F)F)cc2)n(CC(=O)N(C)c2ccccc2)c(=O)c1CCO. The number of hydrogen-bond acceptors (Lipinski definition) is 4. The number of hydrogen-bond donors (Lipinski definition) is 1. The first-order chi connectivity index (χ1) is 15.1. The van der Waals surface area contributed by atoms with E-state index in [-0.39, 0.29) is 36.5 Å². The summed E-state index contributed by atoms with van der Waals surface area (Å²) in [4.78, 5) is 31.9. The Bertz CT molecular complexity index is 1160. The molecule has 1 amide bonds. The van der Waals surface area contributed by atoms with E-state index in [0.717, 1.165) is 16.7 Å². The smallest absolute Gasteiger partial charge is 0.396 e. The number of rotatable bonds is 6. The Kier molecular flexibility index (Phi) is 6.78. The van der Waals surface area contributed by atoms with E-state index in [1.165, 1.54) is 17.0 Å². The quantitative estimate of drug-likeness (QED) is 0.631. The van der Waals surface area contributed by atoms with Gasteiger partial charge in [0.05, 0.1) is 5.56 Å². The molecule has 0 atom stereocenters. The summed E-state index contributed by atoms with van der Waals surface area (Å²) in [7, 11) is 1.57. The summed E-state index contributed by atoms with van der Waals surface area (Å²) in [6, 6.07) is 13.1. The second-order valence-electron chi connectivity index (χ2n) is 7.23. The molecule has 0 saturated carbocycles. The Morgan fingerprint density at radius 1 is 1.09 bits per heavy atom. The van der Waals surface area contributed by atoms with Crippen LogP contribution in [0, 0.1) is 6.92 Å². The van der Waals surface area contributed by atoms with Gasteiger partial charge in [-0.05, 0) is 31.2 Å². The van der Waals surface area contributed by atoms with E-state index in [1.54, 1.807) is 44.3 Å². The van der Waals surface area contributed by atoms with Gasteiger partial charge in [0.15, 0.2) is 0 Å². The lowest BCUT2D eigenvalue weighted by Crippen LogP contribution is -2.36. The first-order valence-corrected chi connectivity index (χ1v) is 9.84. The van der Waals surface area contributed by atoms with Crippen LogP contribution in [0.15, 0.2) is 59.4 Å². The molecule has 1 heterocycles. The molecule has 0 unspecified atom stereocenters. The van der Waals surface area contributed by atoms with E-state index in [9.17, 15) is 27.9 Å². The van der Waals surface area contributed by atoms with Crippen LogP contribution in [0.5, 0.6) is 0 Å². The number of aliphatic hydroxyl groups excluding tert-OH is 1. The summed E-state index contributed by atoms with van der Waals surface area (Å²) in [5.41, 5.74) is 0.137. The molecule has 3 aromatic rings. The number of aromatic nitrogens is 2. The molecule has 0 spiro atoms. The molecule has 0 aliphatic rings. The summed E-state index contributed by atoms with van der Waals surface area (Å²) >= 11 is 0. The van der Waals surface area contributed by atoms with Crippen LogP contribution in [-0.2, 0) is 23.9 Å². The van der Waals surface area contributed by atoms with Gasteiger partial charge in [-0.15, -0.1) is 0 Å². The Labute approximate surface area is 182 Å². The van der Waals surface area contributed by atoms with Gasteiger partial charge in [-0.1, -0.05) is 30.3 Å². The third kappa shape index (κ3) is 4.88. The van der Waals surface area contributed by atoms with Gasteiger partial charge < -0.3 is 10.0 Å². The number of carbonyl (C=O) groups excluding carboxylic acids is 1. The minimum Gasteiger partial charge on any atom is -0.396 e. The van der Waals surface area contributed by atoms with Gasteiger partial charge in [0.1, 0.15) is 12.4 Å². The van der Waals surface area contributed by atoms with E-state index >= 15 is 0 Å². The van der Waals surface area contributed by atoms with Crippen LogP contribution >= 0.6 is 0 Å². The van der Waals surface area contributed by atoms with Gasteiger partial charge in [0.2, 0.25) is 5.91 Å². The molecular formula is C23H22F3N3O3. The second kappa shape index (κ2) is 9.35. The van der Waals surface area contributed by atoms with Crippen LogP contribution in [0.25, 0.3) is 11.4 Å². The van der Waals surface area contributed by atoms with Gasteiger partial charge >= 0.3 is 6.18 Å². The maximum atomic E-state index is 13.2. The van der Waals surface area contributed by atoms with Crippen molar-refractivity contribution in [3.8, 4) is 11.4 Å². The molecule has 1 aromatic heterocycles. The van der Waals surface area contributed by atoms with Gasteiger partial charge in [0.25, 0.3) is 5.56 Å². The van der Waals surface area contributed by atoms with Crippen LogP contribution in [0.2, 0.25) is 0 Å². The Morgan fingerprint density at radius 3 is 2.28 bits per heavy atom. The number of halogens is 3. The molecule has 32 heavy (non-hydrogen) atoms. The topological polar surface area (TPSA) is 75.4 Å². The summed E-state index contributed by atoms with van der Waals surface area (Å²) in [5.74, 6) is -0.329. The van der Waals surface area contributed by atoms with Crippen molar-refractivity contribution < 1.29 is 23.1 Å². The zero-order valence-corrected chi connectivity index (χ0v) is 17.6. The fourth-order valence-corrected chi connectivity index (χ4v) is 3.31. The number of anilines is 1. The Hall–Kier alpha value is -3.46. The molecular weight excluding hydrogens is 423 g/mol. The number of aliphatic hydroxyl groups is 1. The molecule has 2 aromatic carbocycles. The minimum atomic E-state index is -4.50. The molecule has 6 nitrogen and oxygen atoms in total. The van der Waals surface area contributed by atoms with Gasteiger partial charge in [-0.3, -0.25) is 14.2 Å². The summed E-state index contributed by atoms with van der Waals surface area (Å²) in [6.45, 7) is 0.934. The number of aryl methyl sites for hydroxylation is 1. The number of likely N-dealkylation sites (N-methyl/N-ethyl adjacent to an activating group) is 1. The van der Waals surface area contributed by atoms with Crippen molar-refractivity contribution in [1.82, 2.24) is 9.55 Å². The molecule has 0 radical (unpaired) electrons. The normalized spacial score (nSPS) is 11.4. The predicted octanol–water partition coefficient (Wildman–Crippen LogP) is 3.44. The second-order valence-corrected chi connectivity index (χ2v) is 7.23. The number of amides is 1. The third-order valence-electron chi connectivity index (χ3n) is 5.11.